The molecule has 3 aromatic rings. The fraction of sp³-hybridized carbons (Fsp3) is 0.286. The first-order valence-electron chi connectivity index (χ1n) is 12.0. The molecule has 0 aromatic heterocycles. The van der Waals surface area contributed by atoms with Gasteiger partial charge < -0.3 is 19.5 Å². The first kappa shape index (κ1) is 26.8. The summed E-state index contributed by atoms with van der Waals surface area (Å²) in [5, 5.41) is 0.549. The van der Waals surface area contributed by atoms with E-state index < -0.39 is 16.1 Å². The number of aryl methyl sites for hydroxylation is 1. The van der Waals surface area contributed by atoms with E-state index >= 15 is 0 Å². The Hall–Kier alpha value is -3.23. The van der Waals surface area contributed by atoms with Crippen molar-refractivity contribution in [1.82, 2.24) is 5.32 Å². The highest BCUT2D eigenvalue weighted by Gasteiger charge is 2.49. The molecule has 6 nitrogen and oxygen atoms in total. The lowest BCUT2D eigenvalue weighted by atomic mass is 10.1. The number of carbonyl (C=O) groups excluding carboxylic acids is 2. The standard InChI is InChI=1S/C28H27ClFNO5S/c1-2-8-19-17-22(36-21-9-4-3-5-10-21)12-14-24(19)34-15-6-7-16-35-25-13-11-20(18-23(25)29)28(30)26(32)37-27(33)31-28/h3-5,9-14,17-18H,2,6-8,15-16H2,1H3,(H,31,33). The highest BCUT2D eigenvalue weighted by atomic mass is 35.5. The summed E-state index contributed by atoms with van der Waals surface area (Å²) in [4.78, 5) is 23.2. The highest BCUT2D eigenvalue weighted by molar-refractivity contribution is 8.26. The van der Waals surface area contributed by atoms with Crippen molar-refractivity contribution in [3.63, 3.8) is 0 Å². The summed E-state index contributed by atoms with van der Waals surface area (Å²) in [5.74, 6) is 0.196. The molecule has 3 aromatic carbocycles. The van der Waals surface area contributed by atoms with Gasteiger partial charge in [-0.05, 0) is 73.4 Å². The van der Waals surface area contributed by atoms with E-state index in [0.29, 0.717) is 37.1 Å². The van der Waals surface area contributed by atoms with E-state index in [1.54, 1.807) is 0 Å². The van der Waals surface area contributed by atoms with E-state index in [-0.39, 0.29) is 10.6 Å². The average molecular weight is 544 g/mol. The quantitative estimate of drug-likeness (QED) is 0.189. The molecule has 1 amide bonds. The van der Waals surface area contributed by atoms with Gasteiger partial charge in [0, 0.05) is 17.3 Å². The largest absolute Gasteiger partial charge is 0.493 e. The Labute approximate surface area is 224 Å². The molecule has 0 bridgehead atoms. The number of para-hydroxylation sites is 1. The van der Waals surface area contributed by atoms with E-state index in [2.05, 4.69) is 6.92 Å². The summed E-state index contributed by atoms with van der Waals surface area (Å²) >= 11 is 6.53. The van der Waals surface area contributed by atoms with Crippen LogP contribution in [0.5, 0.6) is 23.0 Å². The SMILES string of the molecule is CCCc1cc(Oc2ccccc2)ccc1OCCCCOc1ccc(C2(F)NC(=O)SC2=O)cc1Cl. The van der Waals surface area contributed by atoms with Crippen LogP contribution in [0.4, 0.5) is 9.18 Å². The van der Waals surface area contributed by atoms with Gasteiger partial charge in [-0.15, -0.1) is 0 Å². The van der Waals surface area contributed by atoms with Crippen molar-refractivity contribution in [1.29, 1.82) is 0 Å². The second kappa shape index (κ2) is 12.3. The second-order valence-corrected chi connectivity index (χ2v) is 9.80. The predicted molar refractivity (Wildman–Crippen MR) is 143 cm³/mol. The molecule has 0 spiro atoms. The summed E-state index contributed by atoms with van der Waals surface area (Å²) in [6.07, 6.45) is 3.35. The normalized spacial score (nSPS) is 16.9. The molecule has 1 unspecified atom stereocenters. The van der Waals surface area contributed by atoms with E-state index in [9.17, 15) is 14.0 Å². The summed E-state index contributed by atoms with van der Waals surface area (Å²) < 4.78 is 32.6. The van der Waals surface area contributed by atoms with Crippen LogP contribution in [0.3, 0.4) is 0 Å². The number of benzene rings is 3. The minimum atomic E-state index is -2.58. The van der Waals surface area contributed by atoms with Gasteiger partial charge in [0.25, 0.3) is 16.1 Å². The maximum Gasteiger partial charge on any atom is 0.289 e. The Kier molecular flexibility index (Phi) is 8.95. The Morgan fingerprint density at radius 3 is 2.27 bits per heavy atom. The Morgan fingerprint density at radius 1 is 0.919 bits per heavy atom. The summed E-state index contributed by atoms with van der Waals surface area (Å²) in [6.45, 7) is 3.04. The van der Waals surface area contributed by atoms with Gasteiger partial charge in [0.05, 0.1) is 18.2 Å². The number of hydrogen-bond donors (Lipinski definition) is 1. The van der Waals surface area contributed by atoms with Crippen LogP contribution in [-0.4, -0.2) is 23.6 Å². The molecule has 37 heavy (non-hydrogen) atoms. The van der Waals surface area contributed by atoms with Crippen LogP contribution < -0.4 is 19.5 Å². The maximum atomic E-state index is 14.9. The number of ether oxygens (including phenoxy) is 3. The summed E-state index contributed by atoms with van der Waals surface area (Å²) in [5.41, 5.74) is 1.06. The maximum absolute atomic E-state index is 14.9. The molecule has 0 saturated carbocycles. The molecule has 1 N–H and O–H groups in total. The van der Waals surface area contributed by atoms with E-state index in [0.717, 1.165) is 42.1 Å². The Morgan fingerprint density at radius 2 is 1.62 bits per heavy atom. The van der Waals surface area contributed by atoms with E-state index in [1.807, 2.05) is 53.8 Å². The third kappa shape index (κ3) is 6.76. The molecule has 1 aliphatic heterocycles. The fourth-order valence-corrected chi connectivity index (χ4v) is 4.72. The van der Waals surface area contributed by atoms with Crippen LogP contribution >= 0.6 is 23.4 Å². The Bertz CT molecular complexity index is 1260. The molecule has 1 atom stereocenters. The molecular weight excluding hydrogens is 517 g/mol. The van der Waals surface area contributed by atoms with Crippen LogP contribution in [0.25, 0.3) is 0 Å². The molecule has 9 heteroatoms. The monoisotopic (exact) mass is 543 g/mol. The number of unbranched alkanes of at least 4 members (excludes halogenated alkanes) is 1. The van der Waals surface area contributed by atoms with Gasteiger partial charge in [-0.3, -0.25) is 9.59 Å². The van der Waals surface area contributed by atoms with E-state index in [1.165, 1.54) is 18.2 Å². The summed E-state index contributed by atoms with van der Waals surface area (Å²) in [7, 11) is 0. The lowest BCUT2D eigenvalue weighted by Gasteiger charge is -2.18. The van der Waals surface area contributed by atoms with Crippen LogP contribution in [0.15, 0.2) is 66.7 Å². The zero-order valence-corrected chi connectivity index (χ0v) is 21.9. The topological polar surface area (TPSA) is 73.9 Å². The van der Waals surface area contributed by atoms with Gasteiger partial charge >= 0.3 is 0 Å². The van der Waals surface area contributed by atoms with Gasteiger partial charge in [0.2, 0.25) is 0 Å². The fourth-order valence-electron chi connectivity index (χ4n) is 3.81. The van der Waals surface area contributed by atoms with Crippen molar-refractivity contribution in [2.45, 2.75) is 38.4 Å². The van der Waals surface area contributed by atoms with Gasteiger partial charge in [-0.1, -0.05) is 43.1 Å². The molecule has 0 aliphatic carbocycles. The van der Waals surface area contributed by atoms with Crippen LogP contribution in [0.1, 0.15) is 37.3 Å². The zero-order valence-electron chi connectivity index (χ0n) is 20.3. The average Bonchev–Trinajstić information content (AvgIpc) is 3.15. The highest BCUT2D eigenvalue weighted by Crippen LogP contribution is 2.38. The van der Waals surface area contributed by atoms with Crippen molar-refractivity contribution in [3.8, 4) is 23.0 Å². The summed E-state index contributed by atoms with van der Waals surface area (Å²) in [6, 6.07) is 19.7. The number of hydrogen-bond acceptors (Lipinski definition) is 6. The smallest absolute Gasteiger partial charge is 0.289 e. The van der Waals surface area contributed by atoms with Crippen LogP contribution in [0, 0.1) is 0 Å². The molecule has 1 aliphatic rings. The minimum absolute atomic E-state index is 0.0373. The minimum Gasteiger partial charge on any atom is -0.493 e. The zero-order chi connectivity index (χ0) is 26.3. The van der Waals surface area contributed by atoms with Gasteiger partial charge in [-0.25, -0.2) is 4.39 Å². The molecule has 1 fully saturated rings. The van der Waals surface area contributed by atoms with Gasteiger partial charge in [-0.2, -0.15) is 0 Å². The van der Waals surface area contributed by atoms with Crippen LogP contribution in [0.2, 0.25) is 5.02 Å². The lowest BCUT2D eigenvalue weighted by Crippen LogP contribution is -2.38. The van der Waals surface area contributed by atoms with Crippen molar-refractivity contribution < 1.29 is 28.2 Å². The molecule has 1 saturated heterocycles. The molecule has 1 heterocycles. The lowest BCUT2D eigenvalue weighted by molar-refractivity contribution is -0.122. The molecule has 194 valence electrons. The van der Waals surface area contributed by atoms with Crippen molar-refractivity contribution >= 4 is 33.7 Å². The van der Waals surface area contributed by atoms with Crippen LogP contribution in [-0.2, 0) is 17.0 Å². The van der Waals surface area contributed by atoms with Crippen molar-refractivity contribution in [2.75, 3.05) is 13.2 Å². The molecule has 0 radical (unpaired) electrons. The van der Waals surface area contributed by atoms with E-state index in [4.69, 9.17) is 25.8 Å². The molecule has 4 rings (SSSR count). The van der Waals surface area contributed by atoms with Crippen molar-refractivity contribution in [2.24, 2.45) is 0 Å². The van der Waals surface area contributed by atoms with Gasteiger partial charge in [0.15, 0.2) is 0 Å². The van der Waals surface area contributed by atoms with Crippen molar-refractivity contribution in [3.05, 3.63) is 82.9 Å². The number of alkyl halides is 1. The number of thioether (sulfide) groups is 1. The number of carbonyl (C=O) groups is 2. The first-order valence-corrected chi connectivity index (χ1v) is 13.2. The number of nitrogens with one attached hydrogen (secondary N) is 1. The molecular formula is C28H27ClFNO5S. The van der Waals surface area contributed by atoms with Gasteiger partial charge in [0.1, 0.15) is 23.0 Å². The predicted octanol–water partition coefficient (Wildman–Crippen LogP) is 7.43. The number of halogens is 2. The third-order valence-corrected chi connectivity index (χ3v) is 6.70. The second-order valence-electron chi connectivity index (χ2n) is 8.44. The Balaban J connectivity index is 1.24. The third-order valence-electron chi connectivity index (χ3n) is 5.65. The number of amides is 1. The number of rotatable bonds is 12. The first-order chi connectivity index (χ1) is 17.9.